The number of hydrogen-bond donors (Lipinski definition) is 1. The lowest BCUT2D eigenvalue weighted by Crippen LogP contribution is -2.25. The van der Waals surface area contributed by atoms with E-state index in [1.807, 2.05) is 0 Å². The third-order valence-electron chi connectivity index (χ3n) is 2.62. The average molecular weight is 245 g/mol. The molecule has 1 aliphatic rings. The van der Waals surface area contributed by atoms with Gasteiger partial charge >= 0.3 is 5.97 Å². The molecule has 0 aromatic carbocycles. The Morgan fingerprint density at radius 1 is 1.47 bits per heavy atom. The standard InChI is InChI=1S/C12H23NO4/c1-2-16-12(14)10-15-9-7-13-6-5-11-4-3-8-17-11/h11,13H,2-10H2,1H3. The summed E-state index contributed by atoms with van der Waals surface area (Å²) in [7, 11) is 0. The molecule has 1 aliphatic heterocycles. The van der Waals surface area contributed by atoms with Gasteiger partial charge in [-0.25, -0.2) is 4.79 Å². The van der Waals surface area contributed by atoms with Crippen LogP contribution in [0, 0.1) is 0 Å². The van der Waals surface area contributed by atoms with Crippen molar-refractivity contribution < 1.29 is 19.0 Å². The van der Waals surface area contributed by atoms with Crippen LogP contribution in [0.5, 0.6) is 0 Å². The summed E-state index contributed by atoms with van der Waals surface area (Å²) in [5, 5.41) is 3.26. The lowest BCUT2D eigenvalue weighted by Gasteiger charge is -2.10. The molecule has 1 fully saturated rings. The summed E-state index contributed by atoms with van der Waals surface area (Å²) in [5.41, 5.74) is 0. The summed E-state index contributed by atoms with van der Waals surface area (Å²) in [4.78, 5) is 10.9. The van der Waals surface area contributed by atoms with Gasteiger partial charge in [-0.15, -0.1) is 0 Å². The first-order valence-electron chi connectivity index (χ1n) is 6.38. The maximum Gasteiger partial charge on any atom is 0.332 e. The molecular formula is C12H23NO4. The monoisotopic (exact) mass is 245 g/mol. The van der Waals surface area contributed by atoms with Crippen LogP contribution in [0.4, 0.5) is 0 Å². The van der Waals surface area contributed by atoms with E-state index in [0.717, 1.165) is 26.1 Å². The first-order valence-corrected chi connectivity index (χ1v) is 6.38. The lowest BCUT2D eigenvalue weighted by molar-refractivity contribution is -0.148. The van der Waals surface area contributed by atoms with Gasteiger partial charge in [0.1, 0.15) is 6.61 Å². The van der Waals surface area contributed by atoms with Crippen molar-refractivity contribution in [1.29, 1.82) is 0 Å². The minimum Gasteiger partial charge on any atom is -0.464 e. The highest BCUT2D eigenvalue weighted by atomic mass is 16.6. The van der Waals surface area contributed by atoms with Crippen molar-refractivity contribution in [3.8, 4) is 0 Å². The van der Waals surface area contributed by atoms with E-state index < -0.39 is 0 Å². The van der Waals surface area contributed by atoms with Crippen LogP contribution < -0.4 is 5.32 Å². The highest BCUT2D eigenvalue weighted by Gasteiger charge is 2.14. The Labute approximate surface area is 103 Å². The Morgan fingerprint density at radius 2 is 2.35 bits per heavy atom. The average Bonchev–Trinajstić information content (AvgIpc) is 2.81. The summed E-state index contributed by atoms with van der Waals surface area (Å²) in [5.74, 6) is -0.299. The van der Waals surface area contributed by atoms with Crippen LogP contribution in [0.2, 0.25) is 0 Å². The zero-order chi connectivity index (χ0) is 12.3. The zero-order valence-electron chi connectivity index (χ0n) is 10.6. The molecule has 1 saturated heterocycles. The van der Waals surface area contributed by atoms with Gasteiger partial charge in [-0.2, -0.15) is 0 Å². The summed E-state index contributed by atoms with van der Waals surface area (Å²) in [6.07, 6.45) is 3.86. The molecule has 0 aliphatic carbocycles. The highest BCUT2D eigenvalue weighted by molar-refractivity contribution is 5.70. The number of rotatable bonds is 9. The number of carbonyl (C=O) groups is 1. The third kappa shape index (κ3) is 7.31. The Morgan fingerprint density at radius 3 is 3.06 bits per heavy atom. The minimum absolute atomic E-state index is 0.0429. The predicted molar refractivity (Wildman–Crippen MR) is 63.9 cm³/mol. The number of ether oxygens (including phenoxy) is 3. The van der Waals surface area contributed by atoms with Crippen LogP contribution in [-0.2, 0) is 19.0 Å². The number of nitrogens with one attached hydrogen (secondary N) is 1. The molecule has 0 amide bonds. The number of carbonyl (C=O) groups excluding carboxylic acids is 1. The van der Waals surface area contributed by atoms with Gasteiger partial charge in [0.15, 0.2) is 0 Å². The van der Waals surface area contributed by atoms with E-state index >= 15 is 0 Å². The van der Waals surface area contributed by atoms with E-state index in [1.165, 1.54) is 12.8 Å². The molecule has 1 unspecified atom stereocenters. The first kappa shape index (κ1) is 14.4. The molecule has 17 heavy (non-hydrogen) atoms. The fraction of sp³-hybridized carbons (Fsp3) is 0.917. The quantitative estimate of drug-likeness (QED) is 0.479. The molecule has 0 saturated carbocycles. The molecule has 1 rings (SSSR count). The normalized spacial score (nSPS) is 19.5. The maximum atomic E-state index is 10.9. The molecule has 100 valence electrons. The molecule has 5 nitrogen and oxygen atoms in total. The smallest absolute Gasteiger partial charge is 0.332 e. The van der Waals surface area contributed by atoms with E-state index in [1.54, 1.807) is 6.92 Å². The second-order valence-corrected chi connectivity index (χ2v) is 4.03. The topological polar surface area (TPSA) is 56.8 Å². The van der Waals surface area contributed by atoms with E-state index in [9.17, 15) is 4.79 Å². The van der Waals surface area contributed by atoms with Crippen molar-refractivity contribution in [3.05, 3.63) is 0 Å². The van der Waals surface area contributed by atoms with Crippen LogP contribution in [0.25, 0.3) is 0 Å². The van der Waals surface area contributed by atoms with Crippen molar-refractivity contribution in [2.45, 2.75) is 32.3 Å². The highest BCUT2D eigenvalue weighted by Crippen LogP contribution is 2.14. The van der Waals surface area contributed by atoms with E-state index in [2.05, 4.69) is 5.32 Å². The molecule has 0 spiro atoms. The summed E-state index contributed by atoms with van der Waals surface area (Å²) < 4.78 is 15.4. The van der Waals surface area contributed by atoms with Gasteiger partial charge in [0.05, 0.1) is 19.3 Å². The lowest BCUT2D eigenvalue weighted by atomic mass is 10.2. The summed E-state index contributed by atoms with van der Waals surface area (Å²) >= 11 is 0. The molecule has 0 bridgehead atoms. The van der Waals surface area contributed by atoms with Crippen molar-refractivity contribution in [2.75, 3.05) is 39.5 Å². The van der Waals surface area contributed by atoms with Crippen LogP contribution in [0.3, 0.4) is 0 Å². The number of hydrogen-bond acceptors (Lipinski definition) is 5. The minimum atomic E-state index is -0.299. The largest absolute Gasteiger partial charge is 0.464 e. The summed E-state index contributed by atoms with van der Waals surface area (Å²) in [6.45, 7) is 5.37. The van der Waals surface area contributed by atoms with Crippen LogP contribution >= 0.6 is 0 Å². The Kier molecular flexibility index (Phi) is 7.96. The molecule has 1 atom stereocenters. The molecule has 0 aromatic rings. The van der Waals surface area contributed by atoms with Crippen molar-refractivity contribution in [1.82, 2.24) is 5.32 Å². The van der Waals surface area contributed by atoms with Gasteiger partial charge in [-0.3, -0.25) is 0 Å². The van der Waals surface area contributed by atoms with Gasteiger partial charge < -0.3 is 19.5 Å². The molecule has 1 heterocycles. The van der Waals surface area contributed by atoms with Gasteiger partial charge in [-0.1, -0.05) is 0 Å². The van der Waals surface area contributed by atoms with Crippen molar-refractivity contribution >= 4 is 5.97 Å². The van der Waals surface area contributed by atoms with Crippen LogP contribution in [0.15, 0.2) is 0 Å². The van der Waals surface area contributed by atoms with Crippen molar-refractivity contribution in [2.24, 2.45) is 0 Å². The van der Waals surface area contributed by atoms with E-state index in [4.69, 9.17) is 14.2 Å². The molecule has 1 N–H and O–H groups in total. The fourth-order valence-electron chi connectivity index (χ4n) is 1.76. The molecule has 0 radical (unpaired) electrons. The Balaban J connectivity index is 1.79. The second kappa shape index (κ2) is 9.39. The van der Waals surface area contributed by atoms with Gasteiger partial charge in [0.25, 0.3) is 0 Å². The van der Waals surface area contributed by atoms with E-state index in [-0.39, 0.29) is 12.6 Å². The third-order valence-corrected chi connectivity index (χ3v) is 2.62. The predicted octanol–water partition coefficient (Wildman–Crippen LogP) is 0.725. The molecule has 0 aromatic heterocycles. The summed E-state index contributed by atoms with van der Waals surface area (Å²) in [6, 6.07) is 0. The number of esters is 1. The van der Waals surface area contributed by atoms with Crippen LogP contribution in [0.1, 0.15) is 26.2 Å². The van der Waals surface area contributed by atoms with Gasteiger partial charge in [0, 0.05) is 13.2 Å². The first-order chi connectivity index (χ1) is 8.33. The Bertz CT molecular complexity index is 205. The molecule has 5 heteroatoms. The van der Waals surface area contributed by atoms with Gasteiger partial charge in [0.2, 0.25) is 0 Å². The second-order valence-electron chi connectivity index (χ2n) is 4.03. The SMILES string of the molecule is CCOC(=O)COCCNCCC1CCCO1. The van der Waals surface area contributed by atoms with Gasteiger partial charge in [-0.05, 0) is 32.7 Å². The maximum absolute atomic E-state index is 10.9. The van der Waals surface area contributed by atoms with E-state index in [0.29, 0.717) is 19.3 Å². The zero-order valence-corrected chi connectivity index (χ0v) is 10.6. The van der Waals surface area contributed by atoms with Crippen molar-refractivity contribution in [3.63, 3.8) is 0 Å². The Hall–Kier alpha value is -0.650. The molecular weight excluding hydrogens is 222 g/mol. The van der Waals surface area contributed by atoms with Crippen LogP contribution in [-0.4, -0.2) is 51.6 Å². The fourth-order valence-corrected chi connectivity index (χ4v) is 1.76.